The molecule has 1 heterocycles. The number of aromatic nitrogens is 3. The van der Waals surface area contributed by atoms with Gasteiger partial charge in [0, 0.05) is 12.1 Å². The van der Waals surface area contributed by atoms with Gasteiger partial charge in [-0.15, -0.1) is 5.10 Å². The molecule has 5 nitrogen and oxygen atoms in total. The average Bonchev–Trinajstić information content (AvgIpc) is 2.73. The van der Waals surface area contributed by atoms with E-state index in [1.54, 1.807) is 4.68 Å². The highest BCUT2D eigenvalue weighted by atomic mass is 16.3. The average molecular weight is 232 g/mol. The van der Waals surface area contributed by atoms with Crippen LogP contribution in [0.4, 0.5) is 0 Å². The number of aryl methyl sites for hydroxylation is 1. The van der Waals surface area contributed by atoms with Crippen LogP contribution in [-0.2, 0) is 13.1 Å². The molecule has 0 bridgehead atoms. The number of nitrogens with zero attached hydrogens (tertiary/aromatic N) is 3. The first-order chi connectivity index (χ1) is 8.27. The highest BCUT2D eigenvalue weighted by Crippen LogP contribution is 2.25. The molecule has 2 aromatic rings. The number of hydrogen-bond acceptors (Lipinski definition) is 4. The van der Waals surface area contributed by atoms with Gasteiger partial charge >= 0.3 is 0 Å². The van der Waals surface area contributed by atoms with Gasteiger partial charge in [0.15, 0.2) is 0 Å². The van der Waals surface area contributed by atoms with E-state index in [2.05, 4.69) is 10.3 Å². The fraction of sp³-hybridized carbons (Fsp3) is 0.333. The molecule has 0 unspecified atom stereocenters. The number of hydrogen-bond donors (Lipinski definition) is 2. The molecule has 5 heteroatoms. The van der Waals surface area contributed by atoms with E-state index in [0.717, 1.165) is 22.5 Å². The minimum atomic E-state index is 0.0340. The lowest BCUT2D eigenvalue weighted by Crippen LogP contribution is -2.07. The Morgan fingerprint density at radius 2 is 2.12 bits per heavy atom. The van der Waals surface area contributed by atoms with Crippen molar-refractivity contribution < 1.29 is 5.11 Å². The second-order valence-corrected chi connectivity index (χ2v) is 3.85. The van der Waals surface area contributed by atoms with Crippen LogP contribution in [0, 0.1) is 6.92 Å². The maximum Gasteiger partial charge on any atom is 0.104 e. The minimum absolute atomic E-state index is 0.0340. The molecule has 0 spiro atoms. The van der Waals surface area contributed by atoms with Gasteiger partial charge in [0.2, 0.25) is 0 Å². The Balaban J connectivity index is 2.56. The van der Waals surface area contributed by atoms with Gasteiger partial charge in [0.05, 0.1) is 18.8 Å². The number of aliphatic hydroxyl groups excluding tert-OH is 1. The molecule has 0 aliphatic carbocycles. The van der Waals surface area contributed by atoms with Gasteiger partial charge in [-0.3, -0.25) is 0 Å². The third-order valence-corrected chi connectivity index (χ3v) is 2.71. The Bertz CT molecular complexity index is 507. The summed E-state index contributed by atoms with van der Waals surface area (Å²) in [6.07, 6.45) is 0. The molecule has 0 radical (unpaired) electrons. The van der Waals surface area contributed by atoms with Gasteiger partial charge in [-0.05, 0) is 12.5 Å². The van der Waals surface area contributed by atoms with Gasteiger partial charge in [-0.25, -0.2) is 4.68 Å². The fourth-order valence-corrected chi connectivity index (χ4v) is 1.87. The number of benzene rings is 1. The first-order valence-electron chi connectivity index (χ1n) is 5.57. The summed E-state index contributed by atoms with van der Waals surface area (Å²) in [4.78, 5) is 0. The fourth-order valence-electron chi connectivity index (χ4n) is 1.87. The molecule has 0 aliphatic heterocycles. The molecule has 2 rings (SSSR count). The zero-order valence-corrected chi connectivity index (χ0v) is 9.80. The summed E-state index contributed by atoms with van der Waals surface area (Å²) < 4.78 is 1.70. The van der Waals surface area contributed by atoms with E-state index in [-0.39, 0.29) is 6.61 Å². The topological polar surface area (TPSA) is 77.0 Å². The molecule has 1 aromatic heterocycles. The van der Waals surface area contributed by atoms with Crippen LogP contribution in [0.5, 0.6) is 0 Å². The molecule has 0 fully saturated rings. The van der Waals surface area contributed by atoms with Gasteiger partial charge in [-0.1, -0.05) is 29.5 Å². The van der Waals surface area contributed by atoms with Crippen LogP contribution >= 0.6 is 0 Å². The summed E-state index contributed by atoms with van der Waals surface area (Å²) in [5.74, 6) is 0. The van der Waals surface area contributed by atoms with Gasteiger partial charge in [-0.2, -0.15) is 0 Å². The maximum absolute atomic E-state index is 9.02. The lowest BCUT2D eigenvalue weighted by atomic mass is 10.0. The number of nitrogens with two attached hydrogens (primary N) is 1. The van der Waals surface area contributed by atoms with Crippen LogP contribution in [0.3, 0.4) is 0 Å². The van der Waals surface area contributed by atoms with E-state index in [0.29, 0.717) is 13.1 Å². The van der Waals surface area contributed by atoms with Gasteiger partial charge in [0.1, 0.15) is 5.69 Å². The van der Waals surface area contributed by atoms with Crippen molar-refractivity contribution in [2.24, 2.45) is 5.73 Å². The van der Waals surface area contributed by atoms with Crippen LogP contribution in [-0.4, -0.2) is 26.7 Å². The monoisotopic (exact) mass is 232 g/mol. The van der Waals surface area contributed by atoms with E-state index in [9.17, 15) is 0 Å². The van der Waals surface area contributed by atoms with Crippen molar-refractivity contribution in [3.05, 3.63) is 35.5 Å². The largest absolute Gasteiger partial charge is 0.394 e. The Kier molecular flexibility index (Phi) is 3.51. The van der Waals surface area contributed by atoms with Crippen LogP contribution in [0.25, 0.3) is 11.3 Å². The normalized spacial score (nSPS) is 10.8. The zero-order valence-electron chi connectivity index (χ0n) is 9.80. The van der Waals surface area contributed by atoms with E-state index < -0.39 is 0 Å². The first-order valence-corrected chi connectivity index (χ1v) is 5.57. The van der Waals surface area contributed by atoms with Crippen molar-refractivity contribution in [3.8, 4) is 11.3 Å². The molecule has 3 N–H and O–H groups in total. The summed E-state index contributed by atoms with van der Waals surface area (Å²) >= 11 is 0. The third kappa shape index (κ3) is 2.20. The van der Waals surface area contributed by atoms with Crippen molar-refractivity contribution in [2.75, 3.05) is 6.61 Å². The van der Waals surface area contributed by atoms with Crippen molar-refractivity contribution in [2.45, 2.75) is 20.0 Å². The van der Waals surface area contributed by atoms with Crippen LogP contribution in [0.1, 0.15) is 11.3 Å². The van der Waals surface area contributed by atoms with Crippen LogP contribution in [0.2, 0.25) is 0 Å². The first kappa shape index (κ1) is 11.8. The molecule has 0 atom stereocenters. The predicted octanol–water partition coefficient (Wildman–Crippen LogP) is 0.705. The lowest BCUT2D eigenvalue weighted by Gasteiger charge is -2.09. The molecule has 0 saturated carbocycles. The van der Waals surface area contributed by atoms with E-state index >= 15 is 0 Å². The van der Waals surface area contributed by atoms with Crippen LogP contribution in [0.15, 0.2) is 24.3 Å². The zero-order chi connectivity index (χ0) is 12.3. The highest BCUT2D eigenvalue weighted by Gasteiger charge is 2.14. The van der Waals surface area contributed by atoms with Crippen molar-refractivity contribution >= 4 is 0 Å². The standard InChI is InChI=1S/C12H16N4O/c1-9-4-2-3-5-10(9)12-11(8-13)14-15-16(12)6-7-17/h2-5,17H,6-8,13H2,1H3. The summed E-state index contributed by atoms with van der Waals surface area (Å²) in [5, 5.41) is 17.1. The smallest absolute Gasteiger partial charge is 0.104 e. The Morgan fingerprint density at radius 1 is 1.35 bits per heavy atom. The van der Waals surface area contributed by atoms with Crippen molar-refractivity contribution in [1.29, 1.82) is 0 Å². The molecule has 0 saturated heterocycles. The Hall–Kier alpha value is -1.72. The maximum atomic E-state index is 9.02. The highest BCUT2D eigenvalue weighted by molar-refractivity contribution is 5.65. The second kappa shape index (κ2) is 5.07. The summed E-state index contributed by atoms with van der Waals surface area (Å²) in [5.41, 5.74) is 9.53. The number of rotatable bonds is 4. The van der Waals surface area contributed by atoms with Crippen LogP contribution < -0.4 is 5.73 Å². The molecule has 1 aromatic carbocycles. The molecular formula is C12H16N4O. The molecule has 90 valence electrons. The third-order valence-electron chi connectivity index (χ3n) is 2.71. The lowest BCUT2D eigenvalue weighted by molar-refractivity contribution is 0.269. The van der Waals surface area contributed by atoms with E-state index in [1.807, 2.05) is 31.2 Å². The van der Waals surface area contributed by atoms with Gasteiger partial charge in [0.25, 0.3) is 0 Å². The predicted molar refractivity (Wildman–Crippen MR) is 65.2 cm³/mol. The van der Waals surface area contributed by atoms with Crippen molar-refractivity contribution in [3.63, 3.8) is 0 Å². The van der Waals surface area contributed by atoms with E-state index in [4.69, 9.17) is 10.8 Å². The summed E-state index contributed by atoms with van der Waals surface area (Å²) in [7, 11) is 0. The Morgan fingerprint density at radius 3 is 2.76 bits per heavy atom. The summed E-state index contributed by atoms with van der Waals surface area (Å²) in [6.45, 7) is 2.84. The minimum Gasteiger partial charge on any atom is -0.394 e. The second-order valence-electron chi connectivity index (χ2n) is 3.85. The molecule has 0 amide bonds. The quantitative estimate of drug-likeness (QED) is 0.813. The molecule has 17 heavy (non-hydrogen) atoms. The number of aliphatic hydroxyl groups is 1. The van der Waals surface area contributed by atoms with Crippen molar-refractivity contribution in [1.82, 2.24) is 15.0 Å². The van der Waals surface area contributed by atoms with Gasteiger partial charge < -0.3 is 10.8 Å². The summed E-state index contributed by atoms with van der Waals surface area (Å²) in [6, 6.07) is 8.01. The molecular weight excluding hydrogens is 216 g/mol. The van der Waals surface area contributed by atoms with E-state index in [1.165, 1.54) is 0 Å². The molecule has 0 aliphatic rings. The Labute approximate surface area is 99.9 Å². The SMILES string of the molecule is Cc1ccccc1-c1c(CN)nnn1CCO.